The van der Waals surface area contributed by atoms with E-state index in [0.717, 1.165) is 5.56 Å². The van der Waals surface area contributed by atoms with Crippen LogP contribution in [0.1, 0.15) is 24.6 Å². The first-order chi connectivity index (χ1) is 8.68. The van der Waals surface area contributed by atoms with Crippen molar-refractivity contribution in [2.24, 2.45) is 0 Å². The average Bonchev–Trinajstić information content (AvgIpc) is 3.05. The highest BCUT2D eigenvalue weighted by atomic mass is 32.1. The molecule has 2 aromatic rings. The van der Waals surface area contributed by atoms with Crippen molar-refractivity contribution < 1.29 is 9.90 Å². The van der Waals surface area contributed by atoms with E-state index >= 15 is 0 Å². The zero-order valence-corrected chi connectivity index (χ0v) is 10.7. The molecule has 96 valence electrons. The second-order valence-corrected chi connectivity index (χ2v) is 4.65. The van der Waals surface area contributed by atoms with Crippen LogP contribution in [0, 0.1) is 0 Å². The summed E-state index contributed by atoms with van der Waals surface area (Å²) < 4.78 is 1.46. The maximum absolute atomic E-state index is 11.8. The summed E-state index contributed by atoms with van der Waals surface area (Å²) in [6, 6.07) is 1.39. The van der Waals surface area contributed by atoms with Gasteiger partial charge >= 0.3 is 0 Å². The predicted molar refractivity (Wildman–Crippen MR) is 67.0 cm³/mol. The van der Waals surface area contributed by atoms with E-state index < -0.39 is 12.1 Å². The van der Waals surface area contributed by atoms with E-state index in [2.05, 4.69) is 15.4 Å². The van der Waals surface area contributed by atoms with Gasteiger partial charge in [-0.25, -0.2) is 9.67 Å². The van der Waals surface area contributed by atoms with Crippen LogP contribution in [0.5, 0.6) is 0 Å². The lowest BCUT2D eigenvalue weighted by molar-refractivity contribution is -0.124. The number of hydrogen-bond acceptors (Lipinski definition) is 5. The molecular formula is C11H14N4O2S. The molecular weight excluding hydrogens is 252 g/mol. The van der Waals surface area contributed by atoms with E-state index in [0.29, 0.717) is 0 Å². The number of hydrogen-bond donors (Lipinski definition) is 2. The van der Waals surface area contributed by atoms with Gasteiger partial charge in [-0.3, -0.25) is 4.79 Å². The fourth-order valence-electron chi connectivity index (χ4n) is 1.46. The molecule has 0 saturated heterocycles. The number of nitrogens with zero attached hydrogens (tertiary/aromatic N) is 3. The first kappa shape index (κ1) is 12.7. The van der Waals surface area contributed by atoms with E-state index in [1.165, 1.54) is 28.7 Å². The molecule has 18 heavy (non-hydrogen) atoms. The molecule has 0 bridgehead atoms. The number of aromatic nitrogens is 3. The molecule has 1 amide bonds. The summed E-state index contributed by atoms with van der Waals surface area (Å²) in [5.74, 6) is -0.199. The molecule has 0 fully saturated rings. The Labute approximate surface area is 108 Å². The van der Waals surface area contributed by atoms with Gasteiger partial charge in [0.05, 0.1) is 6.10 Å². The Morgan fingerprint density at radius 1 is 1.67 bits per heavy atom. The lowest BCUT2D eigenvalue weighted by Crippen LogP contribution is -2.34. The van der Waals surface area contributed by atoms with Crippen LogP contribution in [-0.2, 0) is 4.79 Å². The van der Waals surface area contributed by atoms with Crippen LogP contribution in [0.4, 0.5) is 0 Å². The molecule has 0 radical (unpaired) electrons. The molecule has 2 heterocycles. The number of amides is 1. The van der Waals surface area contributed by atoms with Gasteiger partial charge in [-0.1, -0.05) is 0 Å². The number of carbonyl (C=O) groups excluding carboxylic acids is 1. The molecule has 0 aliphatic rings. The summed E-state index contributed by atoms with van der Waals surface area (Å²) in [6.45, 7) is 1.91. The van der Waals surface area contributed by atoms with Gasteiger partial charge in [0.1, 0.15) is 18.7 Å². The number of rotatable bonds is 5. The van der Waals surface area contributed by atoms with E-state index in [-0.39, 0.29) is 12.5 Å². The van der Waals surface area contributed by atoms with Crippen molar-refractivity contribution in [3.8, 4) is 0 Å². The second kappa shape index (κ2) is 5.74. The normalized spacial score (nSPS) is 14.1. The standard InChI is InChI=1S/C11H14N4O2S/c1-8(15-7-12-6-14-15)11(17)13-4-10(16)9-2-3-18-5-9/h2-3,5-8,10,16H,4H2,1H3,(H,13,17). The molecule has 2 aromatic heterocycles. The van der Waals surface area contributed by atoms with Crippen molar-refractivity contribution >= 4 is 17.2 Å². The van der Waals surface area contributed by atoms with Crippen LogP contribution in [-0.4, -0.2) is 32.3 Å². The van der Waals surface area contributed by atoms with E-state index in [1.807, 2.05) is 16.8 Å². The van der Waals surface area contributed by atoms with Crippen LogP contribution in [0.25, 0.3) is 0 Å². The van der Waals surface area contributed by atoms with Crippen molar-refractivity contribution in [2.75, 3.05) is 6.54 Å². The van der Waals surface area contributed by atoms with Crippen molar-refractivity contribution in [3.05, 3.63) is 35.0 Å². The molecule has 2 N–H and O–H groups in total. The van der Waals surface area contributed by atoms with Crippen LogP contribution in [0.15, 0.2) is 29.5 Å². The monoisotopic (exact) mass is 266 g/mol. The Morgan fingerprint density at radius 3 is 3.11 bits per heavy atom. The lowest BCUT2D eigenvalue weighted by atomic mass is 10.2. The predicted octanol–water partition coefficient (Wildman–Crippen LogP) is 0.750. The van der Waals surface area contributed by atoms with Crippen LogP contribution < -0.4 is 5.32 Å². The van der Waals surface area contributed by atoms with Gasteiger partial charge in [0, 0.05) is 6.54 Å². The molecule has 2 unspecified atom stereocenters. The van der Waals surface area contributed by atoms with Crippen LogP contribution in [0.2, 0.25) is 0 Å². The highest BCUT2D eigenvalue weighted by Crippen LogP contribution is 2.15. The summed E-state index contributed by atoms with van der Waals surface area (Å²) in [4.78, 5) is 15.6. The van der Waals surface area contributed by atoms with E-state index in [1.54, 1.807) is 6.92 Å². The SMILES string of the molecule is CC(C(=O)NCC(O)c1ccsc1)n1cncn1. The summed E-state index contributed by atoms with van der Waals surface area (Å²) >= 11 is 1.51. The Balaban J connectivity index is 1.85. The van der Waals surface area contributed by atoms with Crippen LogP contribution >= 0.6 is 11.3 Å². The van der Waals surface area contributed by atoms with Gasteiger partial charge in [0.25, 0.3) is 0 Å². The van der Waals surface area contributed by atoms with Crippen molar-refractivity contribution in [1.82, 2.24) is 20.1 Å². The Morgan fingerprint density at radius 2 is 2.50 bits per heavy atom. The molecule has 2 rings (SSSR count). The molecule has 0 spiro atoms. The van der Waals surface area contributed by atoms with Gasteiger partial charge in [-0.15, -0.1) is 0 Å². The number of aliphatic hydroxyl groups is 1. The van der Waals surface area contributed by atoms with Gasteiger partial charge in [0.2, 0.25) is 5.91 Å². The maximum atomic E-state index is 11.8. The molecule has 2 atom stereocenters. The number of aliphatic hydroxyl groups excluding tert-OH is 1. The molecule has 0 aromatic carbocycles. The third kappa shape index (κ3) is 2.93. The summed E-state index contributed by atoms with van der Waals surface area (Å²) in [5, 5.41) is 20.2. The van der Waals surface area contributed by atoms with Gasteiger partial charge in [-0.2, -0.15) is 16.4 Å². The Bertz CT molecular complexity index is 483. The fraction of sp³-hybridized carbons (Fsp3) is 0.364. The zero-order chi connectivity index (χ0) is 13.0. The smallest absolute Gasteiger partial charge is 0.244 e. The minimum Gasteiger partial charge on any atom is -0.387 e. The maximum Gasteiger partial charge on any atom is 0.244 e. The minimum atomic E-state index is -0.678. The Kier molecular flexibility index (Phi) is 4.06. The van der Waals surface area contributed by atoms with Gasteiger partial charge < -0.3 is 10.4 Å². The van der Waals surface area contributed by atoms with Crippen molar-refractivity contribution in [2.45, 2.75) is 19.1 Å². The van der Waals surface area contributed by atoms with Gasteiger partial charge in [-0.05, 0) is 29.3 Å². The molecule has 6 nitrogen and oxygen atoms in total. The molecule has 0 saturated carbocycles. The fourth-order valence-corrected chi connectivity index (χ4v) is 2.17. The lowest BCUT2D eigenvalue weighted by Gasteiger charge is -2.14. The summed E-state index contributed by atoms with van der Waals surface area (Å²) in [5.41, 5.74) is 0.814. The number of carbonyl (C=O) groups is 1. The van der Waals surface area contributed by atoms with Crippen molar-refractivity contribution in [1.29, 1.82) is 0 Å². The zero-order valence-electron chi connectivity index (χ0n) is 9.85. The van der Waals surface area contributed by atoms with E-state index in [9.17, 15) is 9.90 Å². The van der Waals surface area contributed by atoms with Gasteiger partial charge in [0.15, 0.2) is 0 Å². The average molecular weight is 266 g/mol. The van der Waals surface area contributed by atoms with E-state index in [4.69, 9.17) is 0 Å². The molecule has 0 aliphatic heterocycles. The molecule has 7 heteroatoms. The van der Waals surface area contributed by atoms with Crippen molar-refractivity contribution in [3.63, 3.8) is 0 Å². The quantitative estimate of drug-likeness (QED) is 0.837. The summed E-state index contributed by atoms with van der Waals surface area (Å²) in [6.07, 6.45) is 2.19. The molecule has 0 aliphatic carbocycles. The number of nitrogens with one attached hydrogen (secondary N) is 1. The third-order valence-corrected chi connectivity index (χ3v) is 3.31. The first-order valence-electron chi connectivity index (χ1n) is 5.50. The number of thiophene rings is 1. The topological polar surface area (TPSA) is 80.0 Å². The third-order valence-electron chi connectivity index (χ3n) is 2.61. The first-order valence-corrected chi connectivity index (χ1v) is 6.44. The van der Waals surface area contributed by atoms with Crippen LogP contribution in [0.3, 0.4) is 0 Å². The Hall–Kier alpha value is -1.73. The largest absolute Gasteiger partial charge is 0.387 e. The highest BCUT2D eigenvalue weighted by molar-refractivity contribution is 7.07. The summed E-state index contributed by atoms with van der Waals surface area (Å²) in [7, 11) is 0. The second-order valence-electron chi connectivity index (χ2n) is 3.87. The highest BCUT2D eigenvalue weighted by Gasteiger charge is 2.16. The minimum absolute atomic E-state index is 0.189.